The van der Waals surface area contributed by atoms with Crippen molar-refractivity contribution in [3.8, 4) is 0 Å². The van der Waals surface area contributed by atoms with Gasteiger partial charge < -0.3 is 35.6 Å². The van der Waals surface area contributed by atoms with E-state index in [1.807, 2.05) is 11.9 Å². The summed E-state index contributed by atoms with van der Waals surface area (Å²) < 4.78 is 6.79. The lowest BCUT2D eigenvalue weighted by Crippen LogP contribution is -2.44. The molecule has 0 radical (unpaired) electrons. The number of H-pyrrole nitrogens is 1. The van der Waals surface area contributed by atoms with Crippen LogP contribution < -0.4 is 21.6 Å². The molecule has 4 atom stereocenters. The molecule has 2 aliphatic rings. The fourth-order valence-corrected chi connectivity index (χ4v) is 4.66. The summed E-state index contributed by atoms with van der Waals surface area (Å²) in [7, 11) is 2.00. The van der Waals surface area contributed by atoms with Crippen molar-refractivity contribution in [2.24, 2.45) is 5.10 Å². The maximum absolute atomic E-state index is 12.4. The first-order valence-corrected chi connectivity index (χ1v) is 12.1. The lowest BCUT2D eigenvalue weighted by Gasteiger charge is -2.33. The average molecular weight is 545 g/mol. The first-order chi connectivity index (χ1) is 18.7. The van der Waals surface area contributed by atoms with Gasteiger partial charge in [0.1, 0.15) is 24.0 Å². The van der Waals surface area contributed by atoms with Crippen molar-refractivity contribution < 1.29 is 25.0 Å². The van der Waals surface area contributed by atoms with Crippen molar-refractivity contribution >= 4 is 40.6 Å². The summed E-state index contributed by atoms with van der Waals surface area (Å²) in [6, 6.07) is 4.76. The highest BCUT2D eigenvalue weighted by molar-refractivity contribution is 5.84. The van der Waals surface area contributed by atoms with Gasteiger partial charge in [0.25, 0.3) is 11.2 Å². The molecule has 2 aliphatic heterocycles. The van der Waals surface area contributed by atoms with E-state index in [9.17, 15) is 30.2 Å². The van der Waals surface area contributed by atoms with Gasteiger partial charge in [-0.25, -0.2) is 10.4 Å². The van der Waals surface area contributed by atoms with Crippen LogP contribution in [0.2, 0.25) is 0 Å². The van der Waals surface area contributed by atoms with E-state index in [-0.39, 0.29) is 28.7 Å². The molecule has 0 amide bonds. The molecule has 0 bridgehead atoms. The Morgan fingerprint density at radius 2 is 2.03 bits per heavy atom. The molecule has 0 spiro atoms. The number of imidazole rings is 1. The minimum absolute atomic E-state index is 0.0593. The van der Waals surface area contributed by atoms with E-state index in [4.69, 9.17) is 10.5 Å². The zero-order valence-corrected chi connectivity index (χ0v) is 20.8. The zero-order valence-electron chi connectivity index (χ0n) is 20.8. The molecule has 4 heterocycles. The van der Waals surface area contributed by atoms with E-state index in [0.29, 0.717) is 24.3 Å². The Labute approximate surface area is 220 Å². The second kappa shape index (κ2) is 10.5. The molecule has 208 valence electrons. The highest BCUT2D eigenvalue weighted by Crippen LogP contribution is 2.34. The highest BCUT2D eigenvalue weighted by Gasteiger charge is 2.45. The third-order valence-electron chi connectivity index (χ3n) is 6.76. The molecule has 2 saturated heterocycles. The molecule has 39 heavy (non-hydrogen) atoms. The number of aliphatic hydroxyl groups is 3. The molecule has 7 N–H and O–H groups in total. The summed E-state index contributed by atoms with van der Waals surface area (Å²) in [6.07, 6.45) is -3.99. The summed E-state index contributed by atoms with van der Waals surface area (Å²) in [4.78, 5) is 38.5. The van der Waals surface area contributed by atoms with Crippen molar-refractivity contribution in [1.29, 1.82) is 0 Å². The van der Waals surface area contributed by atoms with Crippen molar-refractivity contribution in [2.75, 3.05) is 55.9 Å². The fourth-order valence-electron chi connectivity index (χ4n) is 4.66. The van der Waals surface area contributed by atoms with Crippen LogP contribution >= 0.6 is 0 Å². The Kier molecular flexibility index (Phi) is 7.15. The van der Waals surface area contributed by atoms with Gasteiger partial charge in [-0.2, -0.15) is 10.1 Å². The number of fused-ring (bicyclic) bond motifs is 1. The highest BCUT2D eigenvalue weighted by atomic mass is 16.6. The maximum Gasteiger partial charge on any atom is 0.293 e. The van der Waals surface area contributed by atoms with Gasteiger partial charge in [0.2, 0.25) is 11.9 Å². The molecule has 17 nitrogen and oxygen atoms in total. The number of nitrogens with zero attached hydrogens (tertiary/aromatic N) is 7. The van der Waals surface area contributed by atoms with Gasteiger partial charge in [-0.1, -0.05) is 6.07 Å². The van der Waals surface area contributed by atoms with E-state index in [1.54, 1.807) is 12.1 Å². The van der Waals surface area contributed by atoms with Crippen LogP contribution in [0.15, 0.2) is 28.1 Å². The number of nitrogens with two attached hydrogens (primary N) is 1. The maximum atomic E-state index is 12.4. The minimum Gasteiger partial charge on any atom is -0.394 e. The number of aromatic amines is 1. The number of nitro groups is 1. The van der Waals surface area contributed by atoms with E-state index < -0.39 is 41.6 Å². The van der Waals surface area contributed by atoms with Crippen LogP contribution in [0.3, 0.4) is 0 Å². The largest absolute Gasteiger partial charge is 0.394 e. The molecule has 2 fully saturated rings. The number of piperazine rings is 1. The van der Waals surface area contributed by atoms with Gasteiger partial charge in [-0.05, 0) is 13.1 Å². The Morgan fingerprint density at radius 3 is 2.69 bits per heavy atom. The predicted octanol–water partition coefficient (Wildman–Crippen LogP) is -1.58. The van der Waals surface area contributed by atoms with Gasteiger partial charge in [-0.3, -0.25) is 24.5 Å². The number of benzene rings is 1. The number of rotatable bonds is 7. The van der Waals surface area contributed by atoms with Gasteiger partial charge in [0.05, 0.1) is 17.7 Å². The Morgan fingerprint density at radius 1 is 1.28 bits per heavy atom. The van der Waals surface area contributed by atoms with Crippen LogP contribution in [-0.4, -0.2) is 109 Å². The van der Waals surface area contributed by atoms with E-state index in [2.05, 4.69) is 30.4 Å². The molecule has 17 heteroatoms. The lowest BCUT2D eigenvalue weighted by molar-refractivity contribution is -0.384. The summed E-state index contributed by atoms with van der Waals surface area (Å²) in [6.45, 7) is 2.36. The zero-order chi connectivity index (χ0) is 27.8. The average Bonchev–Trinajstić information content (AvgIpc) is 3.40. The third kappa shape index (κ3) is 5.00. The Hall–Kier alpha value is -4.16. The van der Waals surface area contributed by atoms with Crippen molar-refractivity contribution in [3.63, 3.8) is 0 Å². The number of hydrogen-bond donors (Lipinski definition) is 6. The number of nitrogens with one attached hydrogen (secondary N) is 2. The van der Waals surface area contributed by atoms with Crippen molar-refractivity contribution in [3.05, 3.63) is 44.2 Å². The van der Waals surface area contributed by atoms with Crippen molar-refractivity contribution in [2.45, 2.75) is 24.5 Å². The quantitative estimate of drug-likeness (QED) is 0.112. The van der Waals surface area contributed by atoms with E-state index in [1.165, 1.54) is 16.8 Å². The molecule has 3 aromatic rings. The summed E-state index contributed by atoms with van der Waals surface area (Å²) >= 11 is 0. The molecule has 1 aromatic carbocycles. The molecular weight excluding hydrogens is 516 g/mol. The Bertz CT molecular complexity index is 1470. The number of nitro benzene ring substituents is 1. The predicted molar refractivity (Wildman–Crippen MR) is 140 cm³/mol. The van der Waals surface area contributed by atoms with E-state index in [0.717, 1.165) is 13.1 Å². The SMILES string of the molecule is CN1CCN(c2ccc(/C=N\Nc3nc4c(=O)[nH]c(N)nc4n3[C@@H]3O[C@H](CO)[C@H](O)[C@H]3O)cc2[N+](=O)[O-])CC1. The second-order valence-corrected chi connectivity index (χ2v) is 9.32. The number of hydrogen-bond acceptors (Lipinski definition) is 14. The lowest BCUT2D eigenvalue weighted by atomic mass is 10.1. The smallest absolute Gasteiger partial charge is 0.293 e. The topological polar surface area (TPSA) is 234 Å². The van der Waals surface area contributed by atoms with Crippen LogP contribution in [0.4, 0.5) is 23.3 Å². The van der Waals surface area contributed by atoms with Crippen LogP contribution in [0.1, 0.15) is 11.8 Å². The number of aromatic nitrogens is 4. The molecule has 0 saturated carbocycles. The fraction of sp³-hybridized carbons (Fsp3) is 0.455. The van der Waals surface area contributed by atoms with Crippen molar-refractivity contribution in [1.82, 2.24) is 24.4 Å². The van der Waals surface area contributed by atoms with E-state index >= 15 is 0 Å². The molecular formula is C22H28N10O7. The molecule has 0 aliphatic carbocycles. The standard InChI is InChI=1S/C22H28N10O7/c1-29-4-6-30(7-5-29)12-3-2-11(8-13(12)32(37)38)9-24-28-22-25-15-18(26-21(23)27-19(15)36)31(22)20-17(35)16(34)14(10-33)39-20/h2-3,8-9,14,16-17,20,33-35H,4-7,10H2,1H3,(H,25,28)(H3,23,26,27,36)/b24-9-/t14-,16+,17-,20-/m1/s1. The van der Waals surface area contributed by atoms with Crippen LogP contribution in [0.5, 0.6) is 0 Å². The van der Waals surface area contributed by atoms with Gasteiger partial charge in [-0.15, -0.1) is 0 Å². The minimum atomic E-state index is -1.50. The summed E-state index contributed by atoms with van der Waals surface area (Å²) in [5.74, 6) is -0.313. The monoisotopic (exact) mass is 544 g/mol. The van der Waals surface area contributed by atoms with Gasteiger partial charge >= 0.3 is 0 Å². The number of nitrogen functional groups attached to an aromatic ring is 1. The van der Waals surface area contributed by atoms with Crippen LogP contribution in [-0.2, 0) is 4.74 Å². The third-order valence-corrected chi connectivity index (χ3v) is 6.76. The number of aliphatic hydroxyl groups excluding tert-OH is 3. The number of anilines is 3. The Balaban J connectivity index is 1.45. The molecule has 0 unspecified atom stereocenters. The number of hydrazone groups is 1. The first-order valence-electron chi connectivity index (χ1n) is 12.1. The van der Waals surface area contributed by atoms with Crippen LogP contribution in [0, 0.1) is 10.1 Å². The normalized spacial score (nSPS) is 24.2. The summed E-state index contributed by atoms with van der Waals surface area (Å²) in [5.41, 5.74) is 8.35. The molecule has 5 rings (SSSR count). The second-order valence-electron chi connectivity index (χ2n) is 9.32. The van der Waals surface area contributed by atoms with Gasteiger partial charge in [0.15, 0.2) is 17.4 Å². The van der Waals surface area contributed by atoms with Gasteiger partial charge in [0, 0.05) is 37.8 Å². The summed E-state index contributed by atoms with van der Waals surface area (Å²) in [5, 5.41) is 46.2. The number of likely N-dealkylation sites (N-methyl/N-ethyl adjacent to an activating group) is 1. The van der Waals surface area contributed by atoms with Crippen LogP contribution in [0.25, 0.3) is 11.2 Å². The number of ether oxygens (including phenoxy) is 1. The molecule has 2 aromatic heterocycles. The first kappa shape index (κ1) is 26.4.